The van der Waals surface area contributed by atoms with E-state index in [1.807, 2.05) is 12.1 Å². The minimum Gasteiger partial charge on any atom is -0.409 e. The van der Waals surface area contributed by atoms with E-state index in [-0.39, 0.29) is 5.84 Å². The van der Waals surface area contributed by atoms with Crippen molar-refractivity contribution in [2.75, 3.05) is 6.54 Å². The average molecular weight is 207 g/mol. The highest BCUT2D eigenvalue weighted by molar-refractivity contribution is 5.79. The number of amidine groups is 1. The summed E-state index contributed by atoms with van der Waals surface area (Å²) >= 11 is 0. The summed E-state index contributed by atoms with van der Waals surface area (Å²) in [5.41, 5.74) is 7.89. The van der Waals surface area contributed by atoms with Gasteiger partial charge in [0.2, 0.25) is 0 Å². The van der Waals surface area contributed by atoms with Crippen molar-refractivity contribution in [1.82, 2.24) is 5.32 Å². The summed E-state index contributed by atoms with van der Waals surface area (Å²) in [6, 6.07) is 8.22. The van der Waals surface area contributed by atoms with Crippen molar-refractivity contribution in [3.8, 4) is 0 Å². The average Bonchev–Trinajstić information content (AvgIpc) is 2.26. The maximum atomic E-state index is 8.33. The lowest BCUT2D eigenvalue weighted by atomic mass is 10.1. The van der Waals surface area contributed by atoms with Gasteiger partial charge in [0.1, 0.15) is 5.84 Å². The van der Waals surface area contributed by atoms with Gasteiger partial charge in [0.15, 0.2) is 0 Å². The van der Waals surface area contributed by atoms with E-state index >= 15 is 0 Å². The lowest BCUT2D eigenvalue weighted by Crippen LogP contribution is -2.22. The second-order valence-corrected chi connectivity index (χ2v) is 3.44. The Bertz CT molecular complexity index is 336. The molecule has 0 saturated heterocycles. The number of aryl methyl sites for hydroxylation is 1. The smallest absolute Gasteiger partial charge is 0.140 e. The normalized spacial score (nSPS) is 11.7. The second kappa shape index (κ2) is 6.03. The summed E-state index contributed by atoms with van der Waals surface area (Å²) in [6.45, 7) is 3.61. The maximum absolute atomic E-state index is 8.33. The molecular formula is C11H17N3O. The fraction of sp³-hybridized carbons (Fsp3) is 0.364. The number of hydrogen-bond donors (Lipinski definition) is 3. The molecule has 0 aliphatic carbocycles. The highest BCUT2D eigenvalue weighted by atomic mass is 16.4. The zero-order valence-electron chi connectivity index (χ0n) is 8.90. The van der Waals surface area contributed by atoms with Gasteiger partial charge in [-0.25, -0.2) is 0 Å². The van der Waals surface area contributed by atoms with Gasteiger partial charge in [0.25, 0.3) is 0 Å². The van der Waals surface area contributed by atoms with Crippen LogP contribution in [0.15, 0.2) is 29.4 Å². The Morgan fingerprint density at radius 2 is 2.20 bits per heavy atom. The van der Waals surface area contributed by atoms with Crippen molar-refractivity contribution in [1.29, 1.82) is 0 Å². The minimum atomic E-state index is 0.257. The molecule has 0 aromatic heterocycles. The Labute approximate surface area is 89.8 Å². The maximum Gasteiger partial charge on any atom is 0.140 e. The number of benzene rings is 1. The van der Waals surface area contributed by atoms with Crippen LogP contribution < -0.4 is 11.1 Å². The molecule has 0 aliphatic heterocycles. The standard InChI is InChI=1S/C11H17N3O/c1-9-4-2-3-5-10(9)8-13-7-6-11(12)14-15/h2-5,13,15H,6-8H2,1H3,(H2,12,14). The van der Waals surface area contributed by atoms with Crippen LogP contribution in [0.4, 0.5) is 0 Å². The van der Waals surface area contributed by atoms with E-state index in [9.17, 15) is 0 Å². The van der Waals surface area contributed by atoms with Gasteiger partial charge < -0.3 is 16.3 Å². The largest absolute Gasteiger partial charge is 0.409 e. The summed E-state index contributed by atoms with van der Waals surface area (Å²) in [6.07, 6.45) is 0.558. The summed E-state index contributed by atoms with van der Waals surface area (Å²) in [5.74, 6) is 0.257. The van der Waals surface area contributed by atoms with Gasteiger partial charge in [-0.05, 0) is 18.1 Å². The summed E-state index contributed by atoms with van der Waals surface area (Å²) in [4.78, 5) is 0. The molecule has 82 valence electrons. The van der Waals surface area contributed by atoms with Crippen LogP contribution in [0, 0.1) is 6.92 Å². The molecule has 0 radical (unpaired) electrons. The number of rotatable bonds is 5. The zero-order chi connectivity index (χ0) is 11.1. The quantitative estimate of drug-likeness (QED) is 0.223. The van der Waals surface area contributed by atoms with Crippen LogP contribution in [0.25, 0.3) is 0 Å². The van der Waals surface area contributed by atoms with Crippen LogP contribution in [0.5, 0.6) is 0 Å². The van der Waals surface area contributed by atoms with Crippen molar-refractivity contribution in [3.63, 3.8) is 0 Å². The summed E-state index contributed by atoms with van der Waals surface area (Å²) < 4.78 is 0. The van der Waals surface area contributed by atoms with Gasteiger partial charge in [-0.1, -0.05) is 29.4 Å². The number of oxime groups is 1. The predicted molar refractivity (Wildman–Crippen MR) is 60.9 cm³/mol. The molecular weight excluding hydrogens is 190 g/mol. The summed E-state index contributed by atoms with van der Waals surface area (Å²) in [7, 11) is 0. The first-order valence-corrected chi connectivity index (χ1v) is 4.95. The number of hydrogen-bond acceptors (Lipinski definition) is 3. The van der Waals surface area contributed by atoms with Crippen LogP contribution in [0.3, 0.4) is 0 Å². The molecule has 15 heavy (non-hydrogen) atoms. The molecule has 4 N–H and O–H groups in total. The lowest BCUT2D eigenvalue weighted by molar-refractivity contribution is 0.316. The SMILES string of the molecule is Cc1ccccc1CNCCC(N)=NO. The molecule has 0 unspecified atom stereocenters. The van der Waals surface area contributed by atoms with Gasteiger partial charge in [0, 0.05) is 19.5 Å². The predicted octanol–water partition coefficient (Wildman–Crippen LogP) is 1.22. The van der Waals surface area contributed by atoms with E-state index in [0.717, 1.165) is 6.54 Å². The van der Waals surface area contributed by atoms with Gasteiger partial charge >= 0.3 is 0 Å². The molecule has 0 spiro atoms. The Morgan fingerprint density at radius 3 is 2.87 bits per heavy atom. The molecule has 0 aliphatic rings. The number of nitrogens with one attached hydrogen (secondary N) is 1. The molecule has 1 rings (SSSR count). The highest BCUT2D eigenvalue weighted by Gasteiger charge is 1.97. The Hall–Kier alpha value is -1.55. The molecule has 0 fully saturated rings. The zero-order valence-corrected chi connectivity index (χ0v) is 8.90. The van der Waals surface area contributed by atoms with Crippen LogP contribution in [0.1, 0.15) is 17.5 Å². The van der Waals surface area contributed by atoms with Crippen LogP contribution in [-0.4, -0.2) is 17.6 Å². The second-order valence-electron chi connectivity index (χ2n) is 3.44. The van der Waals surface area contributed by atoms with Gasteiger partial charge in [-0.3, -0.25) is 0 Å². The van der Waals surface area contributed by atoms with Crippen LogP contribution >= 0.6 is 0 Å². The molecule has 1 aromatic carbocycles. The van der Waals surface area contributed by atoms with E-state index in [0.29, 0.717) is 13.0 Å². The molecule has 0 bridgehead atoms. The fourth-order valence-corrected chi connectivity index (χ4v) is 1.30. The van der Waals surface area contributed by atoms with Gasteiger partial charge in [0.05, 0.1) is 0 Å². The number of nitrogens with zero attached hydrogens (tertiary/aromatic N) is 1. The third-order valence-electron chi connectivity index (χ3n) is 2.26. The lowest BCUT2D eigenvalue weighted by Gasteiger charge is -2.06. The molecule has 4 heteroatoms. The van der Waals surface area contributed by atoms with Crippen LogP contribution in [0.2, 0.25) is 0 Å². The van der Waals surface area contributed by atoms with Crippen molar-refractivity contribution >= 4 is 5.84 Å². The summed E-state index contributed by atoms with van der Waals surface area (Å²) in [5, 5.41) is 14.5. The first kappa shape index (κ1) is 11.5. The van der Waals surface area contributed by atoms with E-state index in [1.165, 1.54) is 11.1 Å². The van der Waals surface area contributed by atoms with Crippen molar-refractivity contribution in [2.45, 2.75) is 19.9 Å². The van der Waals surface area contributed by atoms with E-state index < -0.39 is 0 Å². The molecule has 0 heterocycles. The van der Waals surface area contributed by atoms with E-state index in [4.69, 9.17) is 10.9 Å². The Balaban J connectivity index is 2.29. The van der Waals surface area contributed by atoms with E-state index in [1.54, 1.807) is 0 Å². The molecule has 0 amide bonds. The first-order valence-electron chi connectivity index (χ1n) is 4.95. The molecule has 0 saturated carbocycles. The van der Waals surface area contributed by atoms with Gasteiger partial charge in [-0.15, -0.1) is 0 Å². The third-order valence-corrected chi connectivity index (χ3v) is 2.26. The van der Waals surface area contributed by atoms with Crippen LogP contribution in [-0.2, 0) is 6.54 Å². The molecule has 1 aromatic rings. The topological polar surface area (TPSA) is 70.6 Å². The molecule has 4 nitrogen and oxygen atoms in total. The molecule has 0 atom stereocenters. The van der Waals surface area contributed by atoms with Crippen molar-refractivity contribution in [2.24, 2.45) is 10.9 Å². The minimum absolute atomic E-state index is 0.257. The highest BCUT2D eigenvalue weighted by Crippen LogP contribution is 2.05. The Morgan fingerprint density at radius 1 is 1.47 bits per heavy atom. The van der Waals surface area contributed by atoms with E-state index in [2.05, 4.69) is 29.5 Å². The number of nitrogens with two attached hydrogens (primary N) is 1. The van der Waals surface area contributed by atoms with Crippen molar-refractivity contribution in [3.05, 3.63) is 35.4 Å². The monoisotopic (exact) mass is 207 g/mol. The Kier molecular flexibility index (Phi) is 4.63. The fourth-order valence-electron chi connectivity index (χ4n) is 1.30. The van der Waals surface area contributed by atoms with Gasteiger partial charge in [-0.2, -0.15) is 0 Å². The van der Waals surface area contributed by atoms with Crippen molar-refractivity contribution < 1.29 is 5.21 Å². The first-order chi connectivity index (χ1) is 7.24. The third kappa shape index (κ3) is 3.99.